The molecule has 10 rings (SSSR count). The summed E-state index contributed by atoms with van der Waals surface area (Å²) < 4.78 is 50.2. The van der Waals surface area contributed by atoms with Gasteiger partial charge in [-0.1, -0.05) is 135 Å². The molecular formula is C84H90CoN8O18. The molecule has 0 fully saturated rings. The molecule has 26 nitrogen and oxygen atoms in total. The van der Waals surface area contributed by atoms with Crippen LogP contribution in [0.4, 0.5) is 22.7 Å². The van der Waals surface area contributed by atoms with E-state index in [0.717, 1.165) is 55.6 Å². The molecule has 1 radical (unpaired) electrons. The summed E-state index contributed by atoms with van der Waals surface area (Å²) in [7, 11) is 0. The molecule has 2 aliphatic heterocycles. The van der Waals surface area contributed by atoms with Gasteiger partial charge in [0, 0.05) is 71.4 Å². The number of benzene rings is 6. The number of carbonyl (C=O) groups is 2. The van der Waals surface area contributed by atoms with Crippen molar-refractivity contribution in [2.45, 2.75) is 162 Å². The Bertz CT molecular complexity index is 5030. The van der Waals surface area contributed by atoms with Crippen molar-refractivity contribution in [3.05, 3.63) is 262 Å². The van der Waals surface area contributed by atoms with Crippen molar-refractivity contribution < 1.29 is 84.0 Å². The van der Waals surface area contributed by atoms with E-state index in [1.807, 2.05) is 116 Å². The number of nitrogens with zero attached hydrogens (tertiary/aromatic N) is 8. The Morgan fingerprint density at radius 3 is 0.955 bits per heavy atom. The quantitative estimate of drug-likeness (QED) is 0.0200. The van der Waals surface area contributed by atoms with Gasteiger partial charge >= 0.3 is 28.7 Å². The molecule has 2 aliphatic rings. The third-order valence-electron chi connectivity index (χ3n) is 18.1. The van der Waals surface area contributed by atoms with Gasteiger partial charge in [0.25, 0.3) is 22.7 Å². The Balaban J connectivity index is 0.000000276. The first kappa shape index (κ1) is 84.6. The van der Waals surface area contributed by atoms with Gasteiger partial charge in [0.15, 0.2) is 0 Å². The second-order valence-electron chi connectivity index (χ2n) is 27.8. The van der Waals surface area contributed by atoms with Crippen LogP contribution in [-0.2, 0) is 48.7 Å². The number of nitro groups is 4. The van der Waals surface area contributed by atoms with Gasteiger partial charge in [-0.15, -0.1) is 0 Å². The minimum Gasteiger partial charge on any atom is -0.623 e. The molecule has 0 unspecified atom stereocenters. The summed E-state index contributed by atoms with van der Waals surface area (Å²) in [6.45, 7) is 37.5. The number of rotatable bonds is 27. The van der Waals surface area contributed by atoms with Crippen molar-refractivity contribution >= 4 is 58.0 Å². The maximum atomic E-state index is 13.9. The van der Waals surface area contributed by atoms with E-state index < -0.39 is 31.6 Å². The molecule has 583 valence electrons. The van der Waals surface area contributed by atoms with Crippen LogP contribution in [0.3, 0.4) is 0 Å². The van der Waals surface area contributed by atoms with E-state index in [2.05, 4.69) is 26.0 Å². The minimum atomic E-state index is -0.658. The standard InChI is InChI=1S/C43H48N4O9.C41H44N4O9.Co/c1-11-33-34(24(5)6)37(44-41(33)54-31-17-13-29(14-18-31)46(49)50)40(56-39-26(9)21-28(23(3)4)22-27(39)10)38-35(25(7)8)36(43(48)53-12-2)42(45-38)55-32-19-15-30(16-20-32)47(51)52;1-10-31-32(22(3)4)35(42-39(31)52-29-16-12-27(13-17-29)44(47)48)38(54-37-25(8)20-24(7)21-26(37)9)36-33(23(5)6)34(41(46)51-11-2)40(43-36)53-30-18-14-28(15-19-30)45(49)50;/h13-25H,11-12H2,1-10H3,(H,44,45,48);12-23H,10-11H2,1-9H3,(H,42,43,46);/q;;+2/p-2. The monoisotopic (exact) mass is 1560 g/mol. The molecule has 0 saturated carbocycles. The Morgan fingerprint density at radius 1 is 0.414 bits per heavy atom. The minimum absolute atomic E-state index is 0. The molecular weight excluding hydrogens is 1470 g/mol. The number of esters is 2. The van der Waals surface area contributed by atoms with Crippen molar-refractivity contribution in [3.63, 3.8) is 0 Å². The molecule has 0 amide bonds. The van der Waals surface area contributed by atoms with Gasteiger partial charge in [0.2, 0.25) is 11.8 Å². The van der Waals surface area contributed by atoms with E-state index in [0.29, 0.717) is 81.5 Å². The van der Waals surface area contributed by atoms with E-state index in [-0.39, 0.29) is 128 Å². The van der Waals surface area contributed by atoms with Crippen LogP contribution in [0.5, 0.6) is 46.3 Å². The maximum Gasteiger partial charge on any atom is 2.00 e. The van der Waals surface area contributed by atoms with Gasteiger partial charge in [-0.25, -0.2) is 19.6 Å². The Hall–Kier alpha value is -12.0. The molecule has 6 aromatic carbocycles. The average molecular weight is 1560 g/mol. The van der Waals surface area contributed by atoms with Crippen LogP contribution in [0.15, 0.2) is 165 Å². The average Bonchev–Trinajstić information content (AvgIpc) is 1.60. The zero-order valence-corrected chi connectivity index (χ0v) is 66.6. The molecule has 8 aromatic rings. The van der Waals surface area contributed by atoms with Gasteiger partial charge in [-0.3, -0.25) is 40.5 Å². The summed E-state index contributed by atoms with van der Waals surface area (Å²) in [4.78, 5) is 91.1. The number of aryl methyl sites for hydroxylation is 5. The van der Waals surface area contributed by atoms with Crippen molar-refractivity contribution in [2.24, 2.45) is 21.8 Å². The smallest absolute Gasteiger partial charge is 0.623 e. The van der Waals surface area contributed by atoms with Gasteiger partial charge in [0.1, 0.15) is 68.6 Å². The number of non-ortho nitro benzene ring substituents is 4. The third kappa shape index (κ3) is 19.0. The summed E-state index contributed by atoms with van der Waals surface area (Å²) >= 11 is 0. The summed E-state index contributed by atoms with van der Waals surface area (Å²) in [5, 5.41) is 45.3. The molecule has 4 heterocycles. The van der Waals surface area contributed by atoms with Crippen molar-refractivity contribution in [1.29, 1.82) is 0 Å². The summed E-state index contributed by atoms with van der Waals surface area (Å²) in [5.74, 6) is 1.50. The molecule has 0 N–H and O–H groups in total. The van der Waals surface area contributed by atoms with Crippen LogP contribution in [0.25, 0.3) is 11.5 Å². The van der Waals surface area contributed by atoms with E-state index in [4.69, 9.17) is 57.8 Å². The van der Waals surface area contributed by atoms with E-state index >= 15 is 0 Å². The van der Waals surface area contributed by atoms with E-state index in [1.54, 1.807) is 13.8 Å². The number of hydrogen-bond acceptors (Lipinski definition) is 20. The number of carbonyl (C=O) groups excluding carboxylic acids is 2. The Kier molecular flexibility index (Phi) is 27.8. The van der Waals surface area contributed by atoms with Gasteiger partial charge < -0.3 is 47.9 Å². The first-order chi connectivity index (χ1) is 52.2. The van der Waals surface area contributed by atoms with Crippen LogP contribution in [0, 0.1) is 86.9 Å². The first-order valence-electron chi connectivity index (χ1n) is 36.3. The number of allylic oxidation sites excluding steroid dienone is 2. The van der Waals surface area contributed by atoms with Gasteiger partial charge in [0.05, 0.1) is 32.9 Å². The molecule has 27 heteroatoms. The predicted molar refractivity (Wildman–Crippen MR) is 418 cm³/mol. The second-order valence-corrected chi connectivity index (χ2v) is 27.8. The molecule has 0 saturated heterocycles. The van der Waals surface area contributed by atoms with Crippen LogP contribution in [0.1, 0.15) is 182 Å². The fourth-order valence-electron chi connectivity index (χ4n) is 13.2. The number of nitro benzene ring substituents is 4. The maximum absolute atomic E-state index is 13.9. The SMILES string of the molecule is CCOC(=O)C1=C(C(C)C)/C(=C(\Oc2c(C)cc(C(C)C)cc2C)c2[n-]c(Oc3ccc([N+](=O)[O-])cc3)c(CC)c2C(C)C)N=C1Oc1ccc([N+](=O)[O-])cc1.CCOC(=O)C1=C(C(C)C)/C(=C(\Oc2c(C)cc(C)cc2C)c2[n-]c(Oc3ccc([N+](=O)[O-])cc3)c(CC)c2C(C)C)N=C1Oc1ccc([N+](=O)[O-])cc1.[Co+2]. The van der Waals surface area contributed by atoms with E-state index in [9.17, 15) is 50.0 Å². The van der Waals surface area contributed by atoms with Crippen LogP contribution in [-0.4, -0.2) is 56.6 Å². The third-order valence-corrected chi connectivity index (χ3v) is 18.1. The fourth-order valence-corrected chi connectivity index (χ4v) is 13.2. The molecule has 111 heavy (non-hydrogen) atoms. The number of hydrogen-bond donors (Lipinski definition) is 0. The van der Waals surface area contributed by atoms with Crippen LogP contribution in [0.2, 0.25) is 0 Å². The van der Waals surface area contributed by atoms with Crippen molar-refractivity contribution in [2.75, 3.05) is 13.2 Å². The summed E-state index contributed by atoms with van der Waals surface area (Å²) in [6.07, 6.45) is 1.07. The van der Waals surface area contributed by atoms with Gasteiger partial charge in [-0.2, -0.15) is 0 Å². The Labute approximate surface area is 654 Å². The van der Waals surface area contributed by atoms with Crippen molar-refractivity contribution in [1.82, 2.24) is 9.97 Å². The van der Waals surface area contributed by atoms with Crippen LogP contribution < -0.4 is 38.4 Å². The number of aromatic nitrogens is 2. The predicted octanol–water partition coefficient (Wildman–Crippen LogP) is 20.0. The van der Waals surface area contributed by atoms with Crippen LogP contribution >= 0.6 is 0 Å². The largest absolute Gasteiger partial charge is 2.00 e. The molecule has 2 aromatic heterocycles. The summed E-state index contributed by atoms with van der Waals surface area (Å²) in [6, 6.07) is 30.7. The number of aliphatic imine (C=N–C) groups is 2. The molecule has 0 atom stereocenters. The molecule has 0 bridgehead atoms. The van der Waals surface area contributed by atoms with Crippen molar-refractivity contribution in [3.8, 4) is 46.3 Å². The Morgan fingerprint density at radius 2 is 0.703 bits per heavy atom. The zero-order chi connectivity index (χ0) is 80.4. The fraction of sp³-hybridized carbons (Fsp3) is 0.333. The molecule has 0 spiro atoms. The summed E-state index contributed by atoms with van der Waals surface area (Å²) in [5.41, 5.74) is 11.3. The molecule has 0 aliphatic carbocycles. The number of ether oxygens (including phenoxy) is 8. The normalized spacial score (nSPS) is 13.5. The second kappa shape index (κ2) is 36.5. The topological polar surface area (TPSA) is 333 Å². The van der Waals surface area contributed by atoms with E-state index in [1.165, 1.54) is 97.1 Å². The zero-order valence-electron chi connectivity index (χ0n) is 65.5. The van der Waals surface area contributed by atoms with Gasteiger partial charge in [-0.05, 0) is 178 Å². The first-order valence-corrected chi connectivity index (χ1v) is 36.3.